The average Bonchev–Trinajstić information content (AvgIpc) is 2.92. The first-order valence-corrected chi connectivity index (χ1v) is 7.94. The van der Waals surface area contributed by atoms with Gasteiger partial charge in [0.1, 0.15) is 0 Å². The van der Waals surface area contributed by atoms with Crippen molar-refractivity contribution in [2.75, 3.05) is 0 Å². The normalized spacial score (nSPS) is 10.8. The summed E-state index contributed by atoms with van der Waals surface area (Å²) in [7, 11) is 0. The zero-order valence-corrected chi connectivity index (χ0v) is 13.4. The van der Waals surface area contributed by atoms with E-state index in [9.17, 15) is 4.39 Å². The van der Waals surface area contributed by atoms with E-state index in [1.807, 2.05) is 24.3 Å². The van der Waals surface area contributed by atoms with Gasteiger partial charge in [0, 0.05) is 37.9 Å². The molecule has 0 unspecified atom stereocenters. The molecule has 0 bridgehead atoms. The van der Waals surface area contributed by atoms with Crippen LogP contribution in [-0.4, -0.2) is 4.98 Å². The van der Waals surface area contributed by atoms with Gasteiger partial charge in [0.15, 0.2) is 0 Å². The Bertz CT molecular complexity index is 768. The topological polar surface area (TPSA) is 12.9 Å². The molecule has 2 heterocycles. The third-order valence-electron chi connectivity index (χ3n) is 3.07. The van der Waals surface area contributed by atoms with E-state index in [4.69, 9.17) is 11.6 Å². The van der Waals surface area contributed by atoms with Crippen molar-refractivity contribution in [1.29, 1.82) is 0 Å². The summed E-state index contributed by atoms with van der Waals surface area (Å²) in [5.41, 5.74) is 1.97. The molecule has 3 aromatic rings. The maximum Gasteiger partial charge on any atom is 0.212 e. The number of rotatable bonds is 3. The van der Waals surface area contributed by atoms with Crippen LogP contribution in [0, 0.1) is 5.95 Å². The smallest absolute Gasteiger partial charge is 0.212 e. The Morgan fingerprint density at radius 3 is 2.76 bits per heavy atom. The van der Waals surface area contributed by atoms with E-state index in [1.165, 1.54) is 10.9 Å². The van der Waals surface area contributed by atoms with E-state index >= 15 is 0 Å². The molecule has 0 aliphatic carbocycles. The van der Waals surface area contributed by atoms with Crippen molar-refractivity contribution < 1.29 is 4.39 Å². The second-order valence-electron chi connectivity index (χ2n) is 4.59. The molecule has 1 aromatic carbocycles. The van der Waals surface area contributed by atoms with Crippen LogP contribution in [0.15, 0.2) is 53.6 Å². The molecule has 0 N–H and O–H groups in total. The van der Waals surface area contributed by atoms with Crippen LogP contribution in [0.1, 0.15) is 10.4 Å². The molecule has 0 fully saturated rings. The third-order valence-corrected chi connectivity index (χ3v) is 4.85. The highest BCUT2D eigenvalue weighted by Gasteiger charge is 2.07. The number of thiophene rings is 1. The summed E-state index contributed by atoms with van der Waals surface area (Å²) in [6, 6.07) is 12.9. The standard InChI is InChI=1S/C16H11ClFNS2/c17-14-4-2-12(20)7-11(14)8-13-3-5-15(21-13)10-1-6-16(18)19-9-10/h1-7,9,20H,8H2. The van der Waals surface area contributed by atoms with Crippen LogP contribution in [0.25, 0.3) is 10.4 Å². The zero-order valence-electron chi connectivity index (χ0n) is 10.9. The number of halogens is 2. The first-order chi connectivity index (χ1) is 10.1. The van der Waals surface area contributed by atoms with Crippen LogP contribution in [0.3, 0.4) is 0 Å². The molecule has 0 atom stereocenters. The first kappa shape index (κ1) is 14.6. The molecule has 3 rings (SSSR count). The van der Waals surface area contributed by atoms with Gasteiger partial charge in [-0.05, 0) is 48.0 Å². The van der Waals surface area contributed by atoms with E-state index in [1.54, 1.807) is 23.6 Å². The fourth-order valence-electron chi connectivity index (χ4n) is 2.03. The highest BCUT2D eigenvalue weighted by atomic mass is 35.5. The van der Waals surface area contributed by atoms with Crippen molar-refractivity contribution in [3.8, 4) is 10.4 Å². The monoisotopic (exact) mass is 335 g/mol. The molecule has 5 heteroatoms. The van der Waals surface area contributed by atoms with E-state index in [2.05, 4.69) is 23.7 Å². The van der Waals surface area contributed by atoms with Crippen molar-refractivity contribution in [1.82, 2.24) is 4.98 Å². The number of hydrogen-bond acceptors (Lipinski definition) is 3. The summed E-state index contributed by atoms with van der Waals surface area (Å²) in [5, 5.41) is 0.742. The summed E-state index contributed by atoms with van der Waals surface area (Å²) >= 11 is 12.2. The van der Waals surface area contributed by atoms with Gasteiger partial charge in [0.25, 0.3) is 0 Å². The van der Waals surface area contributed by atoms with Gasteiger partial charge in [-0.1, -0.05) is 11.6 Å². The lowest BCUT2D eigenvalue weighted by Crippen LogP contribution is -1.86. The molecular formula is C16H11ClFNS2. The Morgan fingerprint density at radius 2 is 2.00 bits per heavy atom. The Hall–Kier alpha value is -1.36. The maximum absolute atomic E-state index is 12.8. The van der Waals surface area contributed by atoms with Gasteiger partial charge in [0.05, 0.1) is 0 Å². The maximum atomic E-state index is 12.8. The van der Waals surface area contributed by atoms with E-state index in [-0.39, 0.29) is 0 Å². The largest absolute Gasteiger partial charge is 0.228 e. The molecule has 0 saturated heterocycles. The highest BCUT2D eigenvalue weighted by Crippen LogP contribution is 2.31. The molecule has 2 aromatic heterocycles. The van der Waals surface area contributed by atoms with Crippen LogP contribution >= 0.6 is 35.6 Å². The lowest BCUT2D eigenvalue weighted by molar-refractivity contribution is 0.584. The van der Waals surface area contributed by atoms with Gasteiger partial charge >= 0.3 is 0 Å². The highest BCUT2D eigenvalue weighted by molar-refractivity contribution is 7.80. The summed E-state index contributed by atoms with van der Waals surface area (Å²) in [6.07, 6.45) is 2.30. The van der Waals surface area contributed by atoms with Crippen LogP contribution in [0.2, 0.25) is 5.02 Å². The number of hydrogen-bond donors (Lipinski definition) is 1. The molecule has 0 radical (unpaired) electrons. The number of pyridine rings is 1. The Morgan fingerprint density at radius 1 is 1.14 bits per heavy atom. The Balaban J connectivity index is 1.85. The van der Waals surface area contributed by atoms with Crippen molar-refractivity contribution in [2.24, 2.45) is 0 Å². The van der Waals surface area contributed by atoms with E-state index in [0.717, 1.165) is 32.3 Å². The number of benzene rings is 1. The van der Waals surface area contributed by atoms with Gasteiger partial charge in [0.2, 0.25) is 5.95 Å². The van der Waals surface area contributed by atoms with E-state index in [0.29, 0.717) is 0 Å². The molecule has 21 heavy (non-hydrogen) atoms. The number of nitrogens with zero attached hydrogens (tertiary/aromatic N) is 1. The lowest BCUT2D eigenvalue weighted by Gasteiger charge is -2.03. The van der Waals surface area contributed by atoms with Gasteiger partial charge in [-0.2, -0.15) is 4.39 Å². The van der Waals surface area contributed by atoms with Crippen molar-refractivity contribution in [3.63, 3.8) is 0 Å². The molecule has 1 nitrogen and oxygen atoms in total. The molecule has 106 valence electrons. The predicted molar refractivity (Wildman–Crippen MR) is 89.0 cm³/mol. The summed E-state index contributed by atoms with van der Waals surface area (Å²) in [5.74, 6) is -0.465. The fraction of sp³-hybridized carbons (Fsp3) is 0.0625. The summed E-state index contributed by atoms with van der Waals surface area (Å²) in [4.78, 5) is 6.84. The van der Waals surface area contributed by atoms with Gasteiger partial charge < -0.3 is 0 Å². The lowest BCUT2D eigenvalue weighted by atomic mass is 10.1. The van der Waals surface area contributed by atoms with Crippen molar-refractivity contribution in [2.45, 2.75) is 11.3 Å². The molecule has 0 aliphatic heterocycles. The molecule has 0 aliphatic rings. The van der Waals surface area contributed by atoms with Crippen LogP contribution in [0.5, 0.6) is 0 Å². The quantitative estimate of drug-likeness (QED) is 0.494. The van der Waals surface area contributed by atoms with Crippen LogP contribution in [0.4, 0.5) is 4.39 Å². The zero-order chi connectivity index (χ0) is 14.8. The predicted octanol–water partition coefficient (Wildman–Crippen LogP) is 5.48. The summed E-state index contributed by atoms with van der Waals surface area (Å²) in [6.45, 7) is 0. The second kappa shape index (κ2) is 6.18. The van der Waals surface area contributed by atoms with Gasteiger partial charge in [-0.3, -0.25) is 0 Å². The molecule has 0 amide bonds. The minimum Gasteiger partial charge on any atom is -0.228 e. The second-order valence-corrected chi connectivity index (χ2v) is 6.68. The number of aromatic nitrogens is 1. The summed E-state index contributed by atoms with van der Waals surface area (Å²) < 4.78 is 12.8. The Labute approximate surface area is 136 Å². The number of thiol groups is 1. The fourth-order valence-corrected chi connectivity index (χ4v) is 3.47. The average molecular weight is 336 g/mol. The molecule has 0 spiro atoms. The van der Waals surface area contributed by atoms with Gasteiger partial charge in [-0.25, -0.2) is 4.98 Å². The van der Waals surface area contributed by atoms with E-state index < -0.39 is 5.95 Å². The SMILES string of the molecule is Fc1ccc(-c2ccc(Cc3cc(S)ccc3Cl)s2)cn1. The minimum atomic E-state index is -0.465. The van der Waals surface area contributed by atoms with Crippen molar-refractivity contribution >= 4 is 35.6 Å². The van der Waals surface area contributed by atoms with Gasteiger partial charge in [-0.15, -0.1) is 24.0 Å². The third kappa shape index (κ3) is 3.46. The Kier molecular flexibility index (Phi) is 4.29. The first-order valence-electron chi connectivity index (χ1n) is 6.30. The molecule has 0 saturated carbocycles. The van der Waals surface area contributed by atoms with Crippen LogP contribution < -0.4 is 0 Å². The minimum absolute atomic E-state index is 0.465. The van der Waals surface area contributed by atoms with Crippen molar-refractivity contribution in [3.05, 3.63) is 70.1 Å². The molecular weight excluding hydrogens is 325 g/mol. The van der Waals surface area contributed by atoms with Crippen LogP contribution in [-0.2, 0) is 6.42 Å².